The molecule has 0 amide bonds. The van der Waals surface area contributed by atoms with Crippen LogP contribution < -0.4 is 30.9 Å². The molecule has 18 heteroatoms. The second-order valence-corrected chi connectivity index (χ2v) is 15.0. The van der Waals surface area contributed by atoms with E-state index in [2.05, 4.69) is 41.4 Å². The Balaban J connectivity index is 0.000000151. The molecular weight excluding hydrogens is 763 g/mol. The average molecular weight is 804 g/mol. The summed E-state index contributed by atoms with van der Waals surface area (Å²) >= 11 is 1.61. The molecule has 10 rings (SSSR count). The number of aryl methyl sites for hydroxylation is 1. The molecule has 2 aromatic carbocycles. The van der Waals surface area contributed by atoms with Crippen molar-refractivity contribution in [3.63, 3.8) is 0 Å². The van der Waals surface area contributed by atoms with Crippen molar-refractivity contribution in [2.24, 2.45) is 0 Å². The second kappa shape index (κ2) is 15.9. The van der Waals surface area contributed by atoms with Crippen molar-refractivity contribution in [3.05, 3.63) is 111 Å². The Morgan fingerprint density at radius 1 is 0.741 bits per heavy atom. The molecule has 1 N–H and O–H groups in total. The maximum atomic E-state index is 13.2. The Labute approximate surface area is 335 Å². The first-order valence-electron chi connectivity index (χ1n) is 18.9. The summed E-state index contributed by atoms with van der Waals surface area (Å²) < 4.78 is 27.5. The van der Waals surface area contributed by atoms with Crippen molar-refractivity contribution in [2.45, 2.75) is 32.5 Å². The molecule has 2 aliphatic heterocycles. The minimum atomic E-state index is -0.265. The zero-order valence-corrected chi connectivity index (χ0v) is 33.1. The molecule has 1 fully saturated rings. The number of nitrogens with zero attached hydrogens (tertiary/aromatic N) is 10. The molecule has 298 valence electrons. The van der Waals surface area contributed by atoms with E-state index in [-0.39, 0.29) is 11.4 Å². The predicted molar refractivity (Wildman–Crippen MR) is 219 cm³/mol. The highest BCUT2D eigenvalue weighted by Crippen LogP contribution is 2.40. The lowest BCUT2D eigenvalue weighted by Crippen LogP contribution is -2.35. The molecule has 0 atom stereocenters. The SMILES string of the molecule is COc1ccc(Cn2c(=O)n3ncnc3c3c4c(sc32)NCCC4)cc1OC.COc1ccc(Cn2c(=O)n3ncnc3c3cc(CN4CCOCC4)cnc32)cc1. The molecular formula is C40H41N11O6S. The maximum Gasteiger partial charge on any atom is 0.352 e. The standard InChI is InChI=1S/C21H22N6O3.C19H19N5O3S/c1-29-17-4-2-15(3-5-17)13-26-19-18(20-23-14-24-27(20)21(26)28)10-16(11-22-19)12-25-6-8-30-9-7-25;1-26-13-6-5-11(8-14(13)27-2)9-23-18-15(12-4-3-7-20-17(12)28-18)16-21-10-22-24(16)19(23)25/h2-5,10-11,14H,6-9,12-13H2,1H3;5-6,8,10,20H,3-4,7,9H2,1-2H3. The number of hydrogen-bond donors (Lipinski definition) is 1. The Bertz CT molecular complexity index is 2890. The summed E-state index contributed by atoms with van der Waals surface area (Å²) in [5.74, 6) is 2.07. The first-order valence-corrected chi connectivity index (χ1v) is 19.7. The molecule has 17 nitrogen and oxygen atoms in total. The van der Waals surface area contributed by atoms with Gasteiger partial charge in [0.05, 0.1) is 63.4 Å². The van der Waals surface area contributed by atoms with Crippen molar-refractivity contribution in [1.82, 2.24) is 48.2 Å². The van der Waals surface area contributed by atoms with Gasteiger partial charge in [0.15, 0.2) is 22.8 Å². The number of pyridine rings is 1. The number of benzene rings is 2. The van der Waals surface area contributed by atoms with E-state index in [0.29, 0.717) is 41.5 Å². The van der Waals surface area contributed by atoms with Crippen molar-refractivity contribution in [1.29, 1.82) is 0 Å². The molecule has 2 aliphatic rings. The lowest BCUT2D eigenvalue weighted by molar-refractivity contribution is 0.0341. The molecule has 58 heavy (non-hydrogen) atoms. The van der Waals surface area contributed by atoms with Gasteiger partial charge in [0.1, 0.15) is 28.9 Å². The number of hydrogen-bond acceptors (Lipinski definition) is 14. The maximum absolute atomic E-state index is 13.2. The molecule has 0 spiro atoms. The van der Waals surface area contributed by atoms with E-state index < -0.39 is 0 Å². The van der Waals surface area contributed by atoms with Crippen LogP contribution in [0.25, 0.3) is 32.5 Å². The smallest absolute Gasteiger partial charge is 0.352 e. The van der Waals surface area contributed by atoms with Gasteiger partial charge in [-0.2, -0.15) is 19.2 Å². The van der Waals surface area contributed by atoms with Gasteiger partial charge in [0, 0.05) is 32.4 Å². The van der Waals surface area contributed by atoms with Crippen LogP contribution in [0.2, 0.25) is 0 Å². The van der Waals surface area contributed by atoms with Crippen molar-refractivity contribution in [2.75, 3.05) is 59.5 Å². The normalized spacial score (nSPS) is 14.3. The molecule has 1 saturated heterocycles. The van der Waals surface area contributed by atoms with Crippen LogP contribution in [0.5, 0.6) is 17.2 Å². The van der Waals surface area contributed by atoms with Crippen LogP contribution in [0.15, 0.2) is 77.0 Å². The predicted octanol–water partition coefficient (Wildman–Crippen LogP) is 3.86. The van der Waals surface area contributed by atoms with Gasteiger partial charge in [0.25, 0.3) is 0 Å². The van der Waals surface area contributed by atoms with Gasteiger partial charge in [0.2, 0.25) is 0 Å². The minimum Gasteiger partial charge on any atom is -0.497 e. The van der Waals surface area contributed by atoms with Gasteiger partial charge in [-0.15, -0.1) is 0 Å². The van der Waals surface area contributed by atoms with Gasteiger partial charge in [-0.1, -0.05) is 29.5 Å². The Kier molecular flexibility index (Phi) is 10.2. The molecule has 0 bridgehead atoms. The third-order valence-electron chi connectivity index (χ3n) is 10.5. The largest absolute Gasteiger partial charge is 0.497 e. The fourth-order valence-corrected chi connectivity index (χ4v) is 8.85. The zero-order valence-electron chi connectivity index (χ0n) is 32.3. The first-order chi connectivity index (χ1) is 28.4. The van der Waals surface area contributed by atoms with Crippen molar-refractivity contribution in [3.8, 4) is 17.2 Å². The van der Waals surface area contributed by atoms with Crippen LogP contribution in [0, 0.1) is 0 Å². The van der Waals surface area contributed by atoms with Crippen LogP contribution >= 0.6 is 11.3 Å². The number of nitrogens with one attached hydrogen (secondary N) is 1. The highest BCUT2D eigenvalue weighted by Gasteiger charge is 2.24. The van der Waals surface area contributed by atoms with Crippen molar-refractivity contribution < 1.29 is 18.9 Å². The molecule has 0 saturated carbocycles. The third-order valence-corrected chi connectivity index (χ3v) is 11.7. The van der Waals surface area contributed by atoms with Crippen molar-refractivity contribution >= 4 is 48.9 Å². The number of aromatic nitrogens is 9. The summed E-state index contributed by atoms with van der Waals surface area (Å²) in [5, 5.41) is 14.7. The molecule has 0 radical (unpaired) electrons. The fraction of sp³-hybridized carbons (Fsp3) is 0.325. The van der Waals surface area contributed by atoms with Gasteiger partial charge >= 0.3 is 11.4 Å². The number of anilines is 1. The number of fused-ring (bicyclic) bond motifs is 8. The minimum absolute atomic E-state index is 0.201. The fourth-order valence-electron chi connectivity index (χ4n) is 7.59. The van der Waals surface area contributed by atoms with E-state index >= 15 is 0 Å². The van der Waals surface area contributed by atoms with E-state index in [1.807, 2.05) is 48.7 Å². The van der Waals surface area contributed by atoms with E-state index in [4.69, 9.17) is 18.9 Å². The van der Waals surface area contributed by atoms with Crippen LogP contribution in [0.4, 0.5) is 5.00 Å². The monoisotopic (exact) mass is 803 g/mol. The van der Waals surface area contributed by atoms with Gasteiger partial charge in [-0.3, -0.25) is 14.0 Å². The number of morpholine rings is 1. The quantitative estimate of drug-likeness (QED) is 0.224. The number of rotatable bonds is 9. The highest BCUT2D eigenvalue weighted by molar-refractivity contribution is 7.22. The molecule has 8 aromatic rings. The molecule has 0 unspecified atom stereocenters. The van der Waals surface area contributed by atoms with Crippen LogP contribution in [0.3, 0.4) is 0 Å². The van der Waals surface area contributed by atoms with Crippen LogP contribution in [-0.2, 0) is 30.8 Å². The molecule has 8 heterocycles. The Hall–Kier alpha value is -6.37. The Morgan fingerprint density at radius 2 is 1.45 bits per heavy atom. The summed E-state index contributed by atoms with van der Waals surface area (Å²) in [6.07, 6.45) is 6.72. The number of thiophene rings is 1. The number of methoxy groups -OCH3 is 3. The second-order valence-electron chi connectivity index (χ2n) is 14.0. The van der Waals surface area contributed by atoms with E-state index in [1.165, 1.54) is 27.2 Å². The van der Waals surface area contributed by atoms with E-state index in [9.17, 15) is 9.59 Å². The van der Waals surface area contributed by atoms with Gasteiger partial charge in [-0.05, 0) is 65.4 Å². The summed E-state index contributed by atoms with van der Waals surface area (Å²) in [7, 11) is 4.84. The lowest BCUT2D eigenvalue weighted by atomic mass is 10.1. The van der Waals surface area contributed by atoms with E-state index in [0.717, 1.165) is 95.3 Å². The van der Waals surface area contributed by atoms with Crippen LogP contribution in [-0.4, -0.2) is 102 Å². The lowest BCUT2D eigenvalue weighted by Gasteiger charge is -2.26. The van der Waals surface area contributed by atoms with Gasteiger partial charge in [-0.25, -0.2) is 24.5 Å². The number of ether oxygens (including phenoxy) is 4. The molecule has 6 aromatic heterocycles. The molecule has 0 aliphatic carbocycles. The highest BCUT2D eigenvalue weighted by atomic mass is 32.1. The van der Waals surface area contributed by atoms with Gasteiger partial charge < -0.3 is 24.3 Å². The summed E-state index contributed by atoms with van der Waals surface area (Å²) in [6, 6.07) is 15.4. The topological polar surface area (TPSA) is 169 Å². The summed E-state index contributed by atoms with van der Waals surface area (Å²) in [6.45, 7) is 5.81. The summed E-state index contributed by atoms with van der Waals surface area (Å²) in [5.41, 5.74) is 5.50. The van der Waals surface area contributed by atoms with Crippen LogP contribution in [0.1, 0.15) is 28.7 Å². The zero-order chi connectivity index (χ0) is 39.8. The third kappa shape index (κ3) is 6.88. The average Bonchev–Trinajstić information content (AvgIpc) is 4.04. The first kappa shape index (κ1) is 37.2. The van der Waals surface area contributed by atoms with E-state index in [1.54, 1.807) is 41.8 Å². The Morgan fingerprint density at radius 3 is 2.21 bits per heavy atom. The summed E-state index contributed by atoms with van der Waals surface area (Å²) in [4.78, 5) is 42.8.